The quantitative estimate of drug-likeness (QED) is 0.124. The lowest BCUT2D eigenvalue weighted by molar-refractivity contribution is -0.123. The number of aromatic hydroxyl groups is 1. The smallest absolute Gasteiger partial charge is 0.488 e. The Balaban J connectivity index is 1.44. The van der Waals surface area contributed by atoms with E-state index in [9.17, 15) is 35.0 Å². The Labute approximate surface area is 264 Å². The van der Waals surface area contributed by atoms with Crippen molar-refractivity contribution in [2.45, 2.75) is 59.0 Å². The third-order valence-electron chi connectivity index (χ3n) is 9.40. The number of hydrogen-bond acceptors (Lipinski definition) is 7. The van der Waals surface area contributed by atoms with E-state index in [4.69, 9.17) is 0 Å². The largest absolute Gasteiger partial charge is 0.507 e. The monoisotopic (exact) mass is 611 g/mol. The van der Waals surface area contributed by atoms with Crippen LogP contribution in [-0.2, 0) is 9.59 Å². The Kier molecular flexibility index (Phi) is 9.94. The number of amides is 2. The van der Waals surface area contributed by atoms with E-state index in [0.29, 0.717) is 24.8 Å². The number of aliphatic hydroxyl groups is 2. The molecule has 3 aromatic rings. The van der Waals surface area contributed by atoms with E-state index in [-0.39, 0.29) is 35.3 Å². The molecule has 1 saturated heterocycles. The van der Waals surface area contributed by atoms with E-state index in [1.807, 2.05) is 44.2 Å². The van der Waals surface area contributed by atoms with Crippen LogP contribution < -0.4 is 10.4 Å². The fourth-order valence-electron chi connectivity index (χ4n) is 7.24. The van der Waals surface area contributed by atoms with E-state index in [1.165, 1.54) is 12.1 Å². The number of rotatable bonds is 11. The summed E-state index contributed by atoms with van der Waals surface area (Å²) in [5.74, 6) is -2.84. The summed E-state index contributed by atoms with van der Waals surface area (Å²) in [6, 6.07) is 17.4. The molecule has 8 nitrogen and oxygen atoms in total. The summed E-state index contributed by atoms with van der Waals surface area (Å²) in [5, 5.41) is 53.8. The molecular formula is C36H42BNO7. The van der Waals surface area contributed by atoms with Crippen LogP contribution in [0.3, 0.4) is 0 Å². The van der Waals surface area contributed by atoms with Crippen LogP contribution in [-0.4, -0.2) is 57.0 Å². The van der Waals surface area contributed by atoms with Gasteiger partial charge >= 0.3 is 7.12 Å². The number of aliphatic hydroxyl groups excluding tert-OH is 2. The average molecular weight is 612 g/mol. The lowest BCUT2D eigenvalue weighted by atomic mass is 9.66. The summed E-state index contributed by atoms with van der Waals surface area (Å²) in [6.07, 6.45) is 4.26. The number of allylic oxidation sites excluding steroid dienone is 2. The molecule has 0 saturated carbocycles. The van der Waals surface area contributed by atoms with Crippen molar-refractivity contribution >= 4 is 46.9 Å². The maximum atomic E-state index is 13.9. The predicted octanol–water partition coefficient (Wildman–Crippen LogP) is 4.32. The fraction of sp³-hybridized carbons (Fsp3) is 0.389. The lowest BCUT2D eigenvalue weighted by Crippen LogP contribution is -2.40. The van der Waals surface area contributed by atoms with Crippen LogP contribution in [0.4, 0.5) is 5.69 Å². The van der Waals surface area contributed by atoms with Crippen molar-refractivity contribution in [3.63, 3.8) is 0 Å². The first-order valence-corrected chi connectivity index (χ1v) is 15.8. The molecular weight excluding hydrogens is 569 g/mol. The van der Waals surface area contributed by atoms with Gasteiger partial charge in [-0.15, -0.1) is 0 Å². The van der Waals surface area contributed by atoms with Crippen molar-refractivity contribution < 1.29 is 35.0 Å². The molecule has 236 valence electrons. The van der Waals surface area contributed by atoms with Crippen molar-refractivity contribution in [3.05, 3.63) is 82.9 Å². The molecule has 0 bridgehead atoms. The van der Waals surface area contributed by atoms with Crippen molar-refractivity contribution in [1.29, 1.82) is 0 Å². The Hall–Kier alpha value is -3.76. The molecule has 3 aromatic carbocycles. The van der Waals surface area contributed by atoms with E-state index < -0.39 is 36.9 Å². The van der Waals surface area contributed by atoms with Gasteiger partial charge in [-0.05, 0) is 71.8 Å². The van der Waals surface area contributed by atoms with Crippen LogP contribution in [0.2, 0.25) is 0 Å². The van der Waals surface area contributed by atoms with Crippen molar-refractivity contribution in [3.8, 4) is 5.75 Å². The van der Waals surface area contributed by atoms with Crippen LogP contribution in [0.5, 0.6) is 5.75 Å². The molecule has 0 spiro atoms. The molecule has 2 aliphatic rings. The molecule has 45 heavy (non-hydrogen) atoms. The number of phenolic OH excluding ortho intramolecular Hbond substituents is 1. The van der Waals surface area contributed by atoms with Crippen LogP contribution in [0.25, 0.3) is 16.8 Å². The highest BCUT2D eigenvalue weighted by Crippen LogP contribution is 2.48. The van der Waals surface area contributed by atoms with Gasteiger partial charge < -0.3 is 25.4 Å². The number of hydrogen-bond donors (Lipinski definition) is 5. The number of fused-ring (bicyclic) bond motifs is 2. The topological polar surface area (TPSA) is 139 Å². The highest BCUT2D eigenvalue weighted by Gasteiger charge is 2.55. The summed E-state index contributed by atoms with van der Waals surface area (Å²) in [5.41, 5.74) is 4.11. The molecule has 1 aliphatic carbocycles. The number of nitrogens with zero attached hydrogens (tertiary/aromatic N) is 1. The van der Waals surface area contributed by atoms with Crippen molar-refractivity contribution in [2.75, 3.05) is 11.5 Å². The minimum Gasteiger partial charge on any atom is -0.507 e. The molecule has 1 aliphatic heterocycles. The van der Waals surface area contributed by atoms with E-state index in [2.05, 4.69) is 13.0 Å². The van der Waals surface area contributed by atoms with Crippen LogP contribution >= 0.6 is 0 Å². The van der Waals surface area contributed by atoms with Crippen molar-refractivity contribution in [1.82, 2.24) is 0 Å². The molecule has 5 rings (SSSR count). The molecule has 1 heterocycles. The molecule has 1 fully saturated rings. The van der Waals surface area contributed by atoms with Gasteiger partial charge in [-0.3, -0.25) is 14.5 Å². The van der Waals surface area contributed by atoms with Gasteiger partial charge in [0, 0.05) is 11.3 Å². The Bertz CT molecular complexity index is 1650. The second-order valence-electron chi connectivity index (χ2n) is 12.6. The van der Waals surface area contributed by atoms with Gasteiger partial charge in [0.15, 0.2) is 0 Å². The maximum Gasteiger partial charge on any atom is 0.488 e. The van der Waals surface area contributed by atoms with E-state index in [0.717, 1.165) is 45.2 Å². The first-order valence-electron chi connectivity index (χ1n) is 15.8. The highest BCUT2D eigenvalue weighted by atomic mass is 16.4. The number of carbonyl (C=O) groups excluding carboxylic acids is 2. The summed E-state index contributed by atoms with van der Waals surface area (Å²) in [4.78, 5) is 28.7. The maximum absolute atomic E-state index is 13.9. The first kappa shape index (κ1) is 32.6. The van der Waals surface area contributed by atoms with Gasteiger partial charge in [0.2, 0.25) is 11.8 Å². The fourth-order valence-corrected chi connectivity index (χ4v) is 7.24. The third kappa shape index (κ3) is 6.35. The number of phenols is 1. The normalized spacial score (nSPS) is 21.2. The van der Waals surface area contributed by atoms with Gasteiger partial charge in [0.05, 0.1) is 30.2 Å². The van der Waals surface area contributed by atoms with Gasteiger partial charge in [-0.1, -0.05) is 86.9 Å². The van der Waals surface area contributed by atoms with Gasteiger partial charge in [-0.25, -0.2) is 0 Å². The number of carbonyl (C=O) groups is 2. The minimum atomic E-state index is -1.75. The minimum absolute atomic E-state index is 0.0107. The van der Waals surface area contributed by atoms with E-state index in [1.54, 1.807) is 18.2 Å². The van der Waals surface area contributed by atoms with Gasteiger partial charge in [0.25, 0.3) is 0 Å². The van der Waals surface area contributed by atoms with Gasteiger partial charge in [-0.2, -0.15) is 0 Å². The number of anilines is 1. The molecule has 5 N–H and O–H groups in total. The van der Waals surface area contributed by atoms with Gasteiger partial charge in [0.1, 0.15) is 5.75 Å². The molecule has 2 amide bonds. The van der Waals surface area contributed by atoms with Crippen LogP contribution in [0.15, 0.2) is 77.4 Å². The third-order valence-corrected chi connectivity index (χ3v) is 9.40. The summed E-state index contributed by atoms with van der Waals surface area (Å²) in [6.45, 7) is 5.72. The van der Waals surface area contributed by atoms with Crippen molar-refractivity contribution in [2.24, 2.45) is 23.7 Å². The Morgan fingerprint density at radius 1 is 1.00 bits per heavy atom. The number of benzene rings is 3. The zero-order chi connectivity index (χ0) is 32.4. The summed E-state index contributed by atoms with van der Waals surface area (Å²) < 4.78 is 0. The predicted molar refractivity (Wildman–Crippen MR) is 177 cm³/mol. The lowest BCUT2D eigenvalue weighted by Gasteiger charge is -2.38. The second kappa shape index (κ2) is 13.7. The molecule has 0 aromatic heterocycles. The summed E-state index contributed by atoms with van der Waals surface area (Å²) in [7, 11) is -1.75. The molecule has 4 atom stereocenters. The Morgan fingerprint density at radius 3 is 2.40 bits per heavy atom. The Morgan fingerprint density at radius 2 is 1.73 bits per heavy atom. The van der Waals surface area contributed by atoms with E-state index >= 15 is 0 Å². The zero-order valence-corrected chi connectivity index (χ0v) is 26.1. The standard InChI is InChI=1S/C36H42BNO7/c1-4-8-22(17-23-14-16-31(40)27-12-6-5-11-26(23)27)13-15-32(41)33-28(21(2)3)19-29-34(30(33)20-39)36(43)38(35(29)42)25-10-7-9-24(18-25)37(44)45/h5-7,9-12,14,16-18,21,29-30,32,34,39-41,44-45H,4,8,13,15,19-20H2,1-3H3/b22-17+/t29-,30+,32-,34-/m1/s1. The summed E-state index contributed by atoms with van der Waals surface area (Å²) >= 11 is 0. The van der Waals surface area contributed by atoms with Crippen LogP contribution in [0.1, 0.15) is 58.4 Å². The van der Waals surface area contributed by atoms with Crippen LogP contribution in [0, 0.1) is 23.7 Å². The average Bonchev–Trinajstić information content (AvgIpc) is 3.29. The first-order chi connectivity index (χ1) is 21.6. The molecule has 0 radical (unpaired) electrons. The zero-order valence-electron chi connectivity index (χ0n) is 26.1. The SMILES string of the molecule is CCC/C(=C\c1ccc(O)c2ccccc12)CC[C@@H](O)C1=C(C(C)C)C[C@H]2C(=O)N(c3cccc(B(O)O)c3)C(=O)[C@H]2[C@H]1CO. The molecule has 0 unspecified atom stereocenters. The number of imide groups is 1. The highest BCUT2D eigenvalue weighted by molar-refractivity contribution is 6.58. The molecule has 9 heteroatoms. The second-order valence-corrected chi connectivity index (χ2v) is 12.6.